The first-order valence-electron chi connectivity index (χ1n) is 6.17. The second-order valence-electron chi connectivity index (χ2n) is 4.78. The molecule has 0 aliphatic carbocycles. The van der Waals surface area contributed by atoms with Gasteiger partial charge in [0.15, 0.2) is 14.6 Å². The summed E-state index contributed by atoms with van der Waals surface area (Å²) in [6.45, 7) is 1.50. The first-order chi connectivity index (χ1) is 8.96. The van der Waals surface area contributed by atoms with Gasteiger partial charge in [-0.15, -0.1) is 11.3 Å². The van der Waals surface area contributed by atoms with Gasteiger partial charge >= 0.3 is 0 Å². The van der Waals surface area contributed by atoms with Crippen molar-refractivity contribution in [3.8, 4) is 0 Å². The fourth-order valence-electron chi connectivity index (χ4n) is 2.34. The average molecular weight is 302 g/mol. The van der Waals surface area contributed by atoms with Crippen LogP contribution in [0.1, 0.15) is 17.7 Å². The summed E-state index contributed by atoms with van der Waals surface area (Å²) in [7, 11) is -3.43. The highest BCUT2D eigenvalue weighted by Crippen LogP contribution is 2.28. The summed E-state index contributed by atoms with van der Waals surface area (Å²) in [5.41, 5.74) is 0. The molecular weight excluding hydrogens is 284 g/mol. The van der Waals surface area contributed by atoms with Crippen LogP contribution < -0.4 is 10.6 Å². The van der Waals surface area contributed by atoms with Crippen molar-refractivity contribution in [3.05, 3.63) is 22.4 Å². The molecule has 0 bridgehead atoms. The first kappa shape index (κ1) is 14.5. The van der Waals surface area contributed by atoms with Crippen molar-refractivity contribution in [2.75, 3.05) is 19.3 Å². The summed E-state index contributed by atoms with van der Waals surface area (Å²) in [6.07, 6.45) is 1.83. The molecule has 0 aromatic carbocycles. The Morgan fingerprint density at radius 1 is 1.47 bits per heavy atom. The van der Waals surface area contributed by atoms with Crippen molar-refractivity contribution in [3.63, 3.8) is 0 Å². The third-order valence-electron chi connectivity index (χ3n) is 3.54. The van der Waals surface area contributed by atoms with E-state index in [4.69, 9.17) is 0 Å². The zero-order valence-corrected chi connectivity index (χ0v) is 12.4. The van der Waals surface area contributed by atoms with Gasteiger partial charge in [0.1, 0.15) is 0 Å². The molecule has 106 valence electrons. The lowest BCUT2D eigenvalue weighted by Gasteiger charge is -2.34. The Morgan fingerprint density at radius 3 is 2.68 bits per heavy atom. The Morgan fingerprint density at radius 2 is 2.16 bits per heavy atom. The van der Waals surface area contributed by atoms with E-state index in [0.29, 0.717) is 32.5 Å². The molecule has 0 radical (unpaired) electrons. The van der Waals surface area contributed by atoms with Gasteiger partial charge in [0, 0.05) is 11.1 Å². The number of piperidine rings is 1. The molecule has 1 aliphatic heterocycles. The Kier molecular flexibility index (Phi) is 4.27. The van der Waals surface area contributed by atoms with Gasteiger partial charge in [-0.2, -0.15) is 0 Å². The second-order valence-corrected chi connectivity index (χ2v) is 8.14. The first-order valence-corrected chi connectivity index (χ1v) is 8.94. The maximum absolute atomic E-state index is 12.3. The molecule has 1 aromatic heterocycles. The fraction of sp³-hybridized carbons (Fsp3) is 0.583. The van der Waals surface area contributed by atoms with Crippen LogP contribution in [0.25, 0.3) is 0 Å². The monoisotopic (exact) mass is 302 g/mol. The predicted molar refractivity (Wildman–Crippen MR) is 75.8 cm³/mol. The number of carbonyl (C=O) groups excluding carboxylic acids is 1. The Balaban J connectivity index is 2.12. The molecule has 1 aromatic rings. The van der Waals surface area contributed by atoms with Gasteiger partial charge in [-0.05, 0) is 37.4 Å². The molecule has 1 aliphatic rings. The molecule has 1 saturated heterocycles. The second kappa shape index (κ2) is 5.60. The molecule has 2 N–H and O–H groups in total. The van der Waals surface area contributed by atoms with E-state index in [1.165, 1.54) is 0 Å². The van der Waals surface area contributed by atoms with E-state index in [1.54, 1.807) is 11.3 Å². The van der Waals surface area contributed by atoms with Crippen LogP contribution in [0, 0.1) is 0 Å². The predicted octanol–water partition coefficient (Wildman–Crippen LogP) is 0.531. The number of carbonyl (C=O) groups is 1. The zero-order chi connectivity index (χ0) is 13.9. The van der Waals surface area contributed by atoms with Gasteiger partial charge in [0.25, 0.3) is 0 Å². The lowest BCUT2D eigenvalue weighted by molar-refractivity contribution is -0.124. The maximum Gasteiger partial charge on any atom is 0.241 e. The van der Waals surface area contributed by atoms with Crippen LogP contribution in [0.2, 0.25) is 0 Å². The van der Waals surface area contributed by atoms with Crippen molar-refractivity contribution < 1.29 is 13.2 Å². The van der Waals surface area contributed by atoms with Crippen molar-refractivity contribution in [1.29, 1.82) is 0 Å². The van der Waals surface area contributed by atoms with Gasteiger partial charge in [-0.3, -0.25) is 4.79 Å². The van der Waals surface area contributed by atoms with Crippen molar-refractivity contribution in [2.45, 2.75) is 24.1 Å². The molecule has 2 heterocycles. The van der Waals surface area contributed by atoms with Crippen LogP contribution in [0.15, 0.2) is 17.5 Å². The molecule has 7 heteroatoms. The molecule has 0 atom stereocenters. The number of hydrogen-bond donors (Lipinski definition) is 2. The van der Waals surface area contributed by atoms with E-state index < -0.39 is 14.6 Å². The normalized spacial score (nSPS) is 19.0. The molecule has 19 heavy (non-hydrogen) atoms. The van der Waals surface area contributed by atoms with Crippen molar-refractivity contribution >= 4 is 27.1 Å². The minimum Gasteiger partial charge on any atom is -0.350 e. The van der Waals surface area contributed by atoms with Crippen molar-refractivity contribution in [1.82, 2.24) is 10.6 Å². The van der Waals surface area contributed by atoms with Crippen LogP contribution in [-0.2, 0) is 21.2 Å². The number of amides is 1. The zero-order valence-electron chi connectivity index (χ0n) is 10.8. The summed E-state index contributed by atoms with van der Waals surface area (Å²) in [4.78, 5) is 13.4. The van der Waals surface area contributed by atoms with E-state index in [1.807, 2.05) is 17.5 Å². The number of thiophene rings is 1. The highest BCUT2D eigenvalue weighted by molar-refractivity contribution is 7.92. The number of nitrogens with one attached hydrogen (secondary N) is 2. The quantitative estimate of drug-likeness (QED) is 0.851. The van der Waals surface area contributed by atoms with E-state index >= 15 is 0 Å². The molecule has 2 rings (SSSR count). The minimum atomic E-state index is -3.43. The van der Waals surface area contributed by atoms with E-state index in [0.717, 1.165) is 11.1 Å². The summed E-state index contributed by atoms with van der Waals surface area (Å²) in [5.74, 6) is -0.370. The van der Waals surface area contributed by atoms with E-state index in [-0.39, 0.29) is 5.91 Å². The van der Waals surface area contributed by atoms with Gasteiger partial charge in [-0.25, -0.2) is 8.42 Å². The van der Waals surface area contributed by atoms with Crippen LogP contribution in [-0.4, -0.2) is 38.4 Å². The molecule has 0 saturated carbocycles. The molecular formula is C12H18N2O3S2. The Labute approximate surface area is 117 Å². The molecule has 1 fully saturated rings. The highest BCUT2D eigenvalue weighted by atomic mass is 32.2. The summed E-state index contributed by atoms with van der Waals surface area (Å²) in [5, 5.41) is 7.79. The Hall–Kier alpha value is -0.920. The summed E-state index contributed by atoms with van der Waals surface area (Å²) < 4.78 is 22.8. The summed E-state index contributed by atoms with van der Waals surface area (Å²) >= 11 is 1.54. The highest BCUT2D eigenvalue weighted by Gasteiger charge is 2.48. The Bertz CT molecular complexity index is 531. The molecule has 0 spiro atoms. The largest absolute Gasteiger partial charge is 0.350 e. The van der Waals surface area contributed by atoms with E-state index in [2.05, 4.69) is 10.6 Å². The number of hydrogen-bond acceptors (Lipinski definition) is 5. The van der Waals surface area contributed by atoms with Gasteiger partial charge in [0.05, 0.1) is 6.54 Å². The van der Waals surface area contributed by atoms with Crippen LogP contribution in [0.5, 0.6) is 0 Å². The van der Waals surface area contributed by atoms with E-state index in [9.17, 15) is 13.2 Å². The molecule has 5 nitrogen and oxygen atoms in total. The lowest BCUT2D eigenvalue weighted by atomic mass is 9.96. The van der Waals surface area contributed by atoms with Crippen LogP contribution >= 0.6 is 11.3 Å². The third kappa shape index (κ3) is 2.98. The molecule has 0 unspecified atom stereocenters. The molecule has 1 amide bonds. The summed E-state index contributed by atoms with van der Waals surface area (Å²) in [6, 6.07) is 3.82. The van der Waals surface area contributed by atoms with Crippen LogP contribution in [0.4, 0.5) is 0 Å². The lowest BCUT2D eigenvalue weighted by Crippen LogP contribution is -2.57. The van der Waals surface area contributed by atoms with Crippen molar-refractivity contribution in [2.24, 2.45) is 0 Å². The maximum atomic E-state index is 12.3. The SMILES string of the molecule is CS(=O)(=O)C1(C(=O)NCc2cccs2)CCNCC1. The minimum absolute atomic E-state index is 0.335. The smallest absolute Gasteiger partial charge is 0.241 e. The number of sulfone groups is 1. The van der Waals surface area contributed by atoms with Gasteiger partial charge < -0.3 is 10.6 Å². The number of rotatable bonds is 4. The third-order valence-corrected chi connectivity index (χ3v) is 6.43. The standard InChI is InChI=1S/C12H18N2O3S2/c1-19(16,17)12(4-6-13-7-5-12)11(15)14-9-10-3-2-8-18-10/h2-3,8,13H,4-7,9H2,1H3,(H,14,15). The topological polar surface area (TPSA) is 75.3 Å². The average Bonchev–Trinajstić information content (AvgIpc) is 2.88. The fourth-order valence-corrected chi connectivity index (χ4v) is 4.34. The van der Waals surface area contributed by atoms with Gasteiger partial charge in [0.2, 0.25) is 5.91 Å². The van der Waals surface area contributed by atoms with Crippen LogP contribution in [0.3, 0.4) is 0 Å². The van der Waals surface area contributed by atoms with Gasteiger partial charge in [-0.1, -0.05) is 6.07 Å².